The van der Waals surface area contributed by atoms with Crippen LogP contribution in [0.25, 0.3) is 11.1 Å². The van der Waals surface area contributed by atoms with Crippen LogP contribution in [0.3, 0.4) is 0 Å². The van der Waals surface area contributed by atoms with Gasteiger partial charge in [0.1, 0.15) is 0 Å². The van der Waals surface area contributed by atoms with Crippen LogP contribution in [0.5, 0.6) is 0 Å². The Morgan fingerprint density at radius 2 is 0.778 bits per heavy atom. The van der Waals surface area contributed by atoms with Crippen LogP contribution in [-0.2, 0) is 19.2 Å². The smallest absolute Gasteiger partial charge is 0.158 e. The highest BCUT2D eigenvalue weighted by Crippen LogP contribution is 2.53. The van der Waals surface area contributed by atoms with Gasteiger partial charge >= 0.3 is 0 Å². The molecule has 2 aromatic carbocycles. The molecule has 0 aromatic heterocycles. The molecule has 0 atom stereocenters. The van der Waals surface area contributed by atoms with Crippen molar-refractivity contribution in [3.63, 3.8) is 0 Å². The predicted octanol–water partition coefficient (Wildman–Crippen LogP) is 7.08. The number of hydrogen-bond acceptors (Lipinski definition) is 8. The Hall–Kier alpha value is -2.78. The first-order valence-electron chi connectivity index (χ1n) is 10.8. The number of allylic oxidation sites excluding steroid dienone is 8. The Bertz CT molecular complexity index is 1240. The zero-order valence-corrected chi connectivity index (χ0v) is 22.6. The standard InChI is InChI=1S/C28H20O4S4/c1-17-3-7-19(8-4-17)21(27-33-23(13-29)24(14-30)34-27)11-12-22(20-9-5-18(2)6-10-20)28-35-25(15-31)26(16-32)36-28/h3-16H,1-2H3/b12-11+. The second-order valence-electron chi connectivity index (χ2n) is 7.80. The molecule has 0 unspecified atom stereocenters. The average molecular weight is 549 g/mol. The van der Waals surface area contributed by atoms with Gasteiger partial charge in [-0.2, -0.15) is 0 Å². The number of benzene rings is 2. The van der Waals surface area contributed by atoms with E-state index in [4.69, 9.17) is 0 Å². The lowest BCUT2D eigenvalue weighted by molar-refractivity contribution is -0.106. The van der Waals surface area contributed by atoms with Crippen LogP contribution in [0.15, 0.2) is 88.8 Å². The van der Waals surface area contributed by atoms with Crippen LogP contribution in [0.2, 0.25) is 0 Å². The fraction of sp³-hybridized carbons (Fsp3) is 0.0714. The zero-order chi connectivity index (χ0) is 25.7. The molecule has 4 rings (SSSR count). The second-order valence-corrected chi connectivity index (χ2v) is 12.5. The molecule has 36 heavy (non-hydrogen) atoms. The lowest BCUT2D eigenvalue weighted by atomic mass is 10.0. The molecular formula is C28H20O4S4. The van der Waals surface area contributed by atoms with E-state index in [1.54, 1.807) is 0 Å². The number of aldehydes is 4. The van der Waals surface area contributed by atoms with Gasteiger partial charge in [-0.25, -0.2) is 0 Å². The van der Waals surface area contributed by atoms with Gasteiger partial charge in [-0.05, 0) is 25.0 Å². The first-order valence-corrected chi connectivity index (χ1v) is 14.0. The summed E-state index contributed by atoms with van der Waals surface area (Å²) in [5.41, 5.74) is 5.88. The van der Waals surface area contributed by atoms with Gasteiger partial charge < -0.3 is 0 Å². The van der Waals surface area contributed by atoms with E-state index < -0.39 is 0 Å². The van der Waals surface area contributed by atoms with Crippen molar-refractivity contribution in [2.24, 2.45) is 0 Å². The van der Waals surface area contributed by atoms with Gasteiger partial charge in [-0.15, -0.1) is 0 Å². The normalized spacial score (nSPS) is 15.6. The molecule has 8 heteroatoms. The van der Waals surface area contributed by atoms with Crippen LogP contribution in [-0.4, -0.2) is 25.1 Å². The molecule has 0 N–H and O–H groups in total. The molecule has 0 saturated heterocycles. The third-order valence-corrected chi connectivity index (χ3v) is 10.3. The molecule has 2 aliphatic rings. The maximum atomic E-state index is 11.5. The zero-order valence-electron chi connectivity index (χ0n) is 19.3. The highest BCUT2D eigenvalue weighted by Gasteiger charge is 2.25. The van der Waals surface area contributed by atoms with E-state index in [1.807, 2.05) is 74.5 Å². The van der Waals surface area contributed by atoms with E-state index in [0.717, 1.165) is 41.9 Å². The fourth-order valence-electron chi connectivity index (χ4n) is 3.39. The number of rotatable bonds is 8. The molecule has 0 saturated carbocycles. The number of hydrogen-bond donors (Lipinski definition) is 0. The molecule has 180 valence electrons. The van der Waals surface area contributed by atoms with Gasteiger partial charge in [0.05, 0.1) is 28.1 Å². The van der Waals surface area contributed by atoms with Crippen molar-refractivity contribution in [1.29, 1.82) is 0 Å². The van der Waals surface area contributed by atoms with Gasteiger partial charge in [0.15, 0.2) is 25.1 Å². The first kappa shape index (κ1) is 26.3. The van der Waals surface area contributed by atoms with E-state index in [1.165, 1.54) is 47.0 Å². The Morgan fingerprint density at radius 3 is 1.03 bits per heavy atom. The Labute approximate surface area is 226 Å². The summed E-state index contributed by atoms with van der Waals surface area (Å²) < 4.78 is 1.67. The molecule has 0 radical (unpaired) electrons. The quantitative estimate of drug-likeness (QED) is 0.324. The summed E-state index contributed by atoms with van der Waals surface area (Å²) in [6, 6.07) is 16.1. The summed E-state index contributed by atoms with van der Waals surface area (Å²) >= 11 is 5.14. The number of thioether (sulfide) groups is 4. The van der Waals surface area contributed by atoms with Crippen molar-refractivity contribution >= 4 is 83.3 Å². The molecule has 0 aliphatic carbocycles. The van der Waals surface area contributed by atoms with Crippen LogP contribution in [0.1, 0.15) is 22.3 Å². The van der Waals surface area contributed by atoms with Crippen LogP contribution in [0, 0.1) is 13.8 Å². The van der Waals surface area contributed by atoms with Crippen molar-refractivity contribution in [2.45, 2.75) is 13.8 Å². The van der Waals surface area contributed by atoms with Gasteiger partial charge in [0.25, 0.3) is 0 Å². The Morgan fingerprint density at radius 1 is 0.500 bits per heavy atom. The Balaban J connectivity index is 1.84. The monoisotopic (exact) mass is 548 g/mol. The molecule has 0 bridgehead atoms. The summed E-state index contributed by atoms with van der Waals surface area (Å²) in [4.78, 5) is 47.7. The number of carbonyl (C=O) groups is 4. The highest BCUT2D eigenvalue weighted by molar-refractivity contribution is 8.30. The minimum Gasteiger partial charge on any atom is -0.297 e. The van der Waals surface area contributed by atoms with E-state index in [0.29, 0.717) is 44.8 Å². The van der Waals surface area contributed by atoms with Gasteiger partial charge in [0.2, 0.25) is 0 Å². The van der Waals surface area contributed by atoms with Gasteiger partial charge in [-0.1, -0.05) is 119 Å². The van der Waals surface area contributed by atoms with E-state index in [2.05, 4.69) is 0 Å². The molecule has 2 aromatic rings. The molecule has 0 amide bonds. The van der Waals surface area contributed by atoms with Crippen molar-refractivity contribution in [1.82, 2.24) is 0 Å². The van der Waals surface area contributed by atoms with Crippen LogP contribution in [0.4, 0.5) is 0 Å². The molecule has 0 spiro atoms. The van der Waals surface area contributed by atoms with Gasteiger partial charge in [0, 0.05) is 11.1 Å². The fourth-order valence-corrected chi connectivity index (χ4v) is 8.07. The first-order chi connectivity index (χ1) is 17.5. The predicted molar refractivity (Wildman–Crippen MR) is 154 cm³/mol. The second kappa shape index (κ2) is 12.0. The molecule has 4 nitrogen and oxygen atoms in total. The summed E-state index contributed by atoms with van der Waals surface area (Å²) in [6.07, 6.45) is 6.79. The van der Waals surface area contributed by atoms with Crippen molar-refractivity contribution < 1.29 is 19.2 Å². The van der Waals surface area contributed by atoms with E-state index in [9.17, 15) is 19.2 Å². The van der Waals surface area contributed by atoms with Crippen molar-refractivity contribution in [3.05, 3.63) is 111 Å². The lowest BCUT2D eigenvalue weighted by Crippen LogP contribution is -1.88. The van der Waals surface area contributed by atoms with E-state index in [-0.39, 0.29) is 0 Å². The summed E-state index contributed by atoms with van der Waals surface area (Å²) in [5.74, 6) is 0. The number of aryl methyl sites for hydroxylation is 2. The molecule has 0 fully saturated rings. The highest BCUT2D eigenvalue weighted by atomic mass is 32.2. The SMILES string of the molecule is Cc1ccc(C(/C=C/C(=C2SC(C=O)=C(C=O)S2)c2ccc(C)cc2)=C2SC(C=O)=C(C=O)S2)cc1. The third kappa shape index (κ3) is 5.78. The minimum absolute atomic E-state index is 0.400. The molecular weight excluding hydrogens is 529 g/mol. The van der Waals surface area contributed by atoms with Gasteiger partial charge in [-0.3, -0.25) is 19.2 Å². The maximum absolute atomic E-state index is 11.5. The summed E-state index contributed by atoms with van der Waals surface area (Å²) in [5, 5.41) is 0. The van der Waals surface area contributed by atoms with E-state index >= 15 is 0 Å². The van der Waals surface area contributed by atoms with Crippen molar-refractivity contribution in [3.8, 4) is 0 Å². The molecule has 2 heterocycles. The minimum atomic E-state index is 0.400. The average Bonchev–Trinajstić information content (AvgIpc) is 3.52. The number of carbonyl (C=O) groups excluding carboxylic acids is 4. The van der Waals surface area contributed by atoms with Crippen molar-refractivity contribution in [2.75, 3.05) is 0 Å². The third-order valence-electron chi connectivity index (χ3n) is 5.31. The van der Waals surface area contributed by atoms with Crippen LogP contribution < -0.4 is 0 Å². The largest absolute Gasteiger partial charge is 0.297 e. The summed E-state index contributed by atoms with van der Waals surface area (Å²) in [7, 11) is 0. The maximum Gasteiger partial charge on any atom is 0.158 e. The topological polar surface area (TPSA) is 68.3 Å². The molecule has 2 aliphatic heterocycles. The Kier molecular flexibility index (Phi) is 8.74. The van der Waals surface area contributed by atoms with Crippen LogP contribution >= 0.6 is 47.0 Å². The lowest BCUT2D eigenvalue weighted by Gasteiger charge is -2.11. The summed E-state index contributed by atoms with van der Waals surface area (Å²) in [6.45, 7) is 4.03.